The van der Waals surface area contributed by atoms with E-state index in [4.69, 9.17) is 0 Å². The molecule has 1 N–H and O–H groups in total. The fraction of sp³-hybridized carbons (Fsp3) is 0.0833. The molecular weight excluding hydrogens is 286 g/mol. The van der Waals surface area contributed by atoms with Crippen molar-refractivity contribution < 1.29 is 22.1 Å². The first-order valence-corrected chi connectivity index (χ1v) is 6.24. The molecule has 0 aliphatic heterocycles. The van der Waals surface area contributed by atoms with Crippen molar-refractivity contribution in [2.75, 3.05) is 0 Å². The third-order valence-corrected chi connectivity index (χ3v) is 3.30. The molecule has 0 radical (unpaired) electrons. The number of pyridine rings is 1. The van der Waals surface area contributed by atoms with Gasteiger partial charge in [-0.1, -0.05) is 0 Å². The lowest BCUT2D eigenvalue weighted by Crippen LogP contribution is -3.00. The van der Waals surface area contributed by atoms with Gasteiger partial charge in [0.2, 0.25) is 6.20 Å². The minimum atomic E-state index is -0.0861. The fourth-order valence-electron chi connectivity index (χ4n) is 1.76. The highest BCUT2D eigenvalue weighted by molar-refractivity contribution is 7.15. The number of halogens is 1. The minimum Gasteiger partial charge on any atom is -1.00 e. The zero-order valence-corrected chi connectivity index (χ0v) is 11.3. The van der Waals surface area contributed by atoms with Crippen molar-refractivity contribution in [3.63, 3.8) is 0 Å². The average Bonchev–Trinajstić information content (AvgIpc) is 2.77. The Balaban J connectivity index is 0.00000133. The lowest BCUT2D eigenvalue weighted by molar-refractivity contribution is -0.689. The van der Waals surface area contributed by atoms with E-state index in [1.807, 2.05) is 11.6 Å². The van der Waals surface area contributed by atoms with Crippen LogP contribution in [-0.2, 0) is 6.54 Å². The maximum absolute atomic E-state index is 11.8. The highest BCUT2D eigenvalue weighted by Crippen LogP contribution is 2.07. The minimum absolute atomic E-state index is 0. The lowest BCUT2D eigenvalue weighted by atomic mass is 10.3. The van der Waals surface area contributed by atoms with E-state index < -0.39 is 0 Å². The molecule has 0 bridgehead atoms. The Morgan fingerprint density at radius 3 is 3.11 bits per heavy atom. The molecular formula is C12H10ClN3O2S. The Bertz CT molecular complexity index is 769. The Hall–Kier alpha value is -1.92. The van der Waals surface area contributed by atoms with Crippen molar-refractivity contribution in [2.24, 2.45) is 0 Å². The summed E-state index contributed by atoms with van der Waals surface area (Å²) < 4.78 is 3.29. The van der Waals surface area contributed by atoms with E-state index in [0.717, 1.165) is 0 Å². The molecule has 0 saturated heterocycles. The van der Waals surface area contributed by atoms with Gasteiger partial charge in [0.25, 0.3) is 5.56 Å². The molecule has 3 aromatic heterocycles. The van der Waals surface area contributed by atoms with Gasteiger partial charge in [-0.05, 0) is 6.07 Å². The van der Waals surface area contributed by atoms with E-state index in [1.165, 1.54) is 21.8 Å². The molecule has 0 amide bonds. The third-order valence-electron chi connectivity index (χ3n) is 2.54. The molecule has 19 heavy (non-hydrogen) atoms. The Morgan fingerprint density at radius 1 is 1.47 bits per heavy atom. The summed E-state index contributed by atoms with van der Waals surface area (Å²) in [6.45, 7) is 0.456. The molecule has 3 rings (SSSR count). The van der Waals surface area contributed by atoms with Crippen molar-refractivity contribution in [1.29, 1.82) is 0 Å². The molecule has 5 nitrogen and oxygen atoms in total. The highest BCUT2D eigenvalue weighted by Gasteiger charge is 2.08. The maximum Gasteiger partial charge on any atom is 0.258 e. The van der Waals surface area contributed by atoms with Crippen LogP contribution in [0, 0.1) is 0 Å². The SMILES string of the molecule is O=c1cc(C[n+]2cccc(O)c2)nc2sccn12.[Cl-]. The van der Waals surface area contributed by atoms with Crippen LogP contribution in [0.25, 0.3) is 4.96 Å². The van der Waals surface area contributed by atoms with E-state index in [0.29, 0.717) is 17.2 Å². The fourth-order valence-corrected chi connectivity index (χ4v) is 2.50. The second-order valence-electron chi connectivity index (χ2n) is 3.88. The van der Waals surface area contributed by atoms with Crippen LogP contribution in [0.5, 0.6) is 5.75 Å². The molecule has 98 valence electrons. The normalized spacial score (nSPS) is 10.3. The van der Waals surface area contributed by atoms with E-state index in [9.17, 15) is 9.90 Å². The van der Waals surface area contributed by atoms with Gasteiger partial charge in [0.05, 0.1) is 0 Å². The second kappa shape index (κ2) is 5.38. The van der Waals surface area contributed by atoms with Crippen LogP contribution in [0.4, 0.5) is 0 Å². The number of fused-ring (bicyclic) bond motifs is 1. The summed E-state index contributed by atoms with van der Waals surface area (Å²) in [6.07, 6.45) is 5.12. The molecule has 0 aliphatic rings. The summed E-state index contributed by atoms with van der Waals surface area (Å²) in [4.78, 5) is 16.9. The first-order valence-electron chi connectivity index (χ1n) is 5.36. The van der Waals surface area contributed by atoms with Gasteiger partial charge in [-0.25, -0.2) is 4.98 Å². The van der Waals surface area contributed by atoms with Crippen LogP contribution in [0.3, 0.4) is 0 Å². The number of nitrogens with zero attached hydrogens (tertiary/aromatic N) is 3. The molecule has 0 unspecified atom stereocenters. The Labute approximate surface area is 118 Å². The van der Waals surface area contributed by atoms with Crippen molar-refractivity contribution in [3.05, 3.63) is 58.2 Å². The number of rotatable bonds is 2. The number of hydrogen-bond acceptors (Lipinski definition) is 4. The van der Waals surface area contributed by atoms with Crippen LogP contribution in [0.2, 0.25) is 0 Å². The molecule has 3 aromatic rings. The van der Waals surface area contributed by atoms with Crippen LogP contribution < -0.4 is 22.5 Å². The summed E-state index contributed by atoms with van der Waals surface area (Å²) in [7, 11) is 0. The molecule has 3 heterocycles. The van der Waals surface area contributed by atoms with Crippen LogP contribution in [-0.4, -0.2) is 14.5 Å². The first-order chi connectivity index (χ1) is 8.72. The number of aromatic nitrogens is 3. The zero-order valence-electron chi connectivity index (χ0n) is 9.73. The molecule has 0 aromatic carbocycles. The summed E-state index contributed by atoms with van der Waals surface area (Å²) in [5, 5.41) is 11.2. The van der Waals surface area contributed by atoms with Gasteiger partial charge in [-0.15, -0.1) is 11.3 Å². The summed E-state index contributed by atoms with van der Waals surface area (Å²) in [5.74, 6) is 0.187. The van der Waals surface area contributed by atoms with Gasteiger partial charge in [0.15, 0.2) is 23.5 Å². The van der Waals surface area contributed by atoms with Gasteiger partial charge in [0.1, 0.15) is 5.69 Å². The lowest BCUT2D eigenvalue weighted by Gasteiger charge is -1.98. The Morgan fingerprint density at radius 2 is 2.32 bits per heavy atom. The molecule has 7 heteroatoms. The predicted molar refractivity (Wildman–Crippen MR) is 66.7 cm³/mol. The molecule has 0 fully saturated rings. The van der Waals surface area contributed by atoms with Gasteiger partial charge in [-0.3, -0.25) is 9.20 Å². The van der Waals surface area contributed by atoms with Crippen LogP contribution in [0.15, 0.2) is 47.0 Å². The summed E-state index contributed by atoms with van der Waals surface area (Å²) in [5.41, 5.74) is 0.593. The van der Waals surface area contributed by atoms with Crippen LogP contribution >= 0.6 is 11.3 Å². The molecule has 0 spiro atoms. The molecule has 0 atom stereocenters. The molecule has 0 aliphatic carbocycles. The van der Waals surface area contributed by atoms with Crippen molar-refractivity contribution in [3.8, 4) is 5.75 Å². The third kappa shape index (κ3) is 2.74. The quantitative estimate of drug-likeness (QED) is 0.546. The van der Waals surface area contributed by atoms with Gasteiger partial charge < -0.3 is 17.5 Å². The van der Waals surface area contributed by atoms with E-state index in [2.05, 4.69) is 4.98 Å². The largest absolute Gasteiger partial charge is 1.00 e. The highest BCUT2D eigenvalue weighted by atomic mass is 35.5. The van der Waals surface area contributed by atoms with Crippen molar-refractivity contribution >= 4 is 16.3 Å². The van der Waals surface area contributed by atoms with E-state index in [1.54, 1.807) is 29.1 Å². The average molecular weight is 296 g/mol. The van der Waals surface area contributed by atoms with Crippen LogP contribution in [0.1, 0.15) is 5.69 Å². The van der Waals surface area contributed by atoms with E-state index >= 15 is 0 Å². The number of hydrogen-bond donors (Lipinski definition) is 1. The van der Waals surface area contributed by atoms with E-state index in [-0.39, 0.29) is 23.7 Å². The molecule has 0 saturated carbocycles. The van der Waals surface area contributed by atoms with Crippen molar-refractivity contribution in [2.45, 2.75) is 6.54 Å². The zero-order chi connectivity index (χ0) is 12.5. The number of thiazole rings is 1. The summed E-state index contributed by atoms with van der Waals surface area (Å²) in [6, 6.07) is 4.85. The van der Waals surface area contributed by atoms with Gasteiger partial charge in [-0.2, -0.15) is 4.57 Å². The van der Waals surface area contributed by atoms with Gasteiger partial charge in [0, 0.05) is 23.7 Å². The standard InChI is InChI=1S/C12H9N3O2S.ClH/c16-10-2-1-3-14(8-10)7-9-6-11(17)15-4-5-18-12(15)13-9;/h1-6,8H,7H2;1H. The second-order valence-corrected chi connectivity index (χ2v) is 4.75. The first kappa shape index (κ1) is 13.5. The smallest absolute Gasteiger partial charge is 0.258 e. The number of aromatic hydroxyl groups is 1. The monoisotopic (exact) mass is 295 g/mol. The topological polar surface area (TPSA) is 58.5 Å². The Kier molecular flexibility index (Phi) is 3.82. The van der Waals surface area contributed by atoms with Gasteiger partial charge >= 0.3 is 0 Å². The summed E-state index contributed by atoms with van der Waals surface area (Å²) >= 11 is 1.42. The van der Waals surface area contributed by atoms with Crippen molar-refractivity contribution in [1.82, 2.24) is 9.38 Å². The predicted octanol–water partition coefficient (Wildman–Crippen LogP) is -2.20. The maximum atomic E-state index is 11.8.